The summed E-state index contributed by atoms with van der Waals surface area (Å²) in [4.78, 5) is -0.0145. The van der Waals surface area contributed by atoms with Gasteiger partial charge in [-0.25, -0.2) is 17.2 Å². The molecule has 140 valence electrons. The van der Waals surface area contributed by atoms with Gasteiger partial charge in [-0.3, -0.25) is 0 Å². The fourth-order valence-electron chi connectivity index (χ4n) is 2.52. The van der Waals surface area contributed by atoms with Crippen LogP contribution in [0.4, 0.5) is 8.78 Å². The highest BCUT2D eigenvalue weighted by molar-refractivity contribution is 7.91. The van der Waals surface area contributed by atoms with Gasteiger partial charge in [0.2, 0.25) is 0 Å². The third-order valence-corrected chi connectivity index (χ3v) is 6.24. The summed E-state index contributed by atoms with van der Waals surface area (Å²) >= 11 is 5.80. The first-order valence-electron chi connectivity index (χ1n) is 8.06. The highest BCUT2D eigenvalue weighted by Crippen LogP contribution is 2.34. The van der Waals surface area contributed by atoms with Gasteiger partial charge in [-0.1, -0.05) is 23.8 Å². The summed E-state index contributed by atoms with van der Waals surface area (Å²) in [7, 11) is -3.97. The molecular formula is C19H19ClF2O3S. The number of benzene rings is 2. The second-order valence-corrected chi connectivity index (χ2v) is 8.29. The van der Waals surface area contributed by atoms with Gasteiger partial charge >= 0.3 is 0 Å². The predicted octanol–water partition coefficient (Wildman–Crippen LogP) is 4.85. The summed E-state index contributed by atoms with van der Waals surface area (Å²) in [6, 6.07) is 8.34. The van der Waals surface area contributed by atoms with Crippen LogP contribution >= 0.6 is 11.6 Å². The van der Waals surface area contributed by atoms with Gasteiger partial charge in [-0.15, -0.1) is 0 Å². The van der Waals surface area contributed by atoms with Crippen LogP contribution in [0.15, 0.2) is 59.5 Å². The minimum Gasteiger partial charge on any atom is -0.396 e. The van der Waals surface area contributed by atoms with Crippen molar-refractivity contribution in [3.8, 4) is 0 Å². The van der Waals surface area contributed by atoms with E-state index >= 15 is 0 Å². The topological polar surface area (TPSA) is 54.4 Å². The van der Waals surface area contributed by atoms with Crippen LogP contribution in [0.25, 0.3) is 0 Å². The van der Waals surface area contributed by atoms with E-state index < -0.39 is 26.7 Å². The molecule has 3 nitrogen and oxygen atoms in total. The number of halogens is 3. The summed E-state index contributed by atoms with van der Waals surface area (Å²) in [6.07, 6.45) is 4.42. The lowest BCUT2D eigenvalue weighted by molar-refractivity contribution is 0.289. The molecule has 0 fully saturated rings. The van der Waals surface area contributed by atoms with Crippen LogP contribution < -0.4 is 0 Å². The average Bonchev–Trinajstić information content (AvgIpc) is 2.61. The summed E-state index contributed by atoms with van der Waals surface area (Å²) in [5.74, 6) is -1.49. The van der Waals surface area contributed by atoms with Crippen molar-refractivity contribution in [1.82, 2.24) is 0 Å². The summed E-state index contributed by atoms with van der Waals surface area (Å²) in [5, 5.41) is 7.89. The van der Waals surface area contributed by atoms with Crippen LogP contribution in [-0.2, 0) is 9.84 Å². The van der Waals surface area contributed by atoms with Crippen molar-refractivity contribution in [3.63, 3.8) is 0 Å². The first-order chi connectivity index (χ1) is 12.4. The number of aliphatic hydroxyl groups is 1. The molecule has 0 aliphatic heterocycles. The van der Waals surface area contributed by atoms with Gasteiger partial charge in [-0.05, 0) is 61.7 Å². The Labute approximate surface area is 156 Å². The lowest BCUT2D eigenvalue weighted by Gasteiger charge is -2.18. The molecular weight excluding hydrogens is 382 g/mol. The highest BCUT2D eigenvalue weighted by atomic mass is 35.5. The first kappa shape index (κ1) is 20.6. The van der Waals surface area contributed by atoms with Gasteiger partial charge < -0.3 is 5.11 Å². The number of allylic oxidation sites excluding steroid dienone is 2. The quantitative estimate of drug-likeness (QED) is 0.509. The van der Waals surface area contributed by atoms with Crippen molar-refractivity contribution in [1.29, 1.82) is 0 Å². The van der Waals surface area contributed by atoms with E-state index in [1.54, 1.807) is 12.2 Å². The van der Waals surface area contributed by atoms with Crippen molar-refractivity contribution in [2.75, 3.05) is 6.61 Å². The Hall–Kier alpha value is -1.76. The maximum absolute atomic E-state index is 14.3. The van der Waals surface area contributed by atoms with E-state index in [1.807, 2.05) is 0 Å². The molecule has 1 unspecified atom stereocenters. The molecule has 1 N–H and O–H groups in total. The van der Waals surface area contributed by atoms with E-state index in [1.165, 1.54) is 24.3 Å². The molecule has 2 rings (SSSR count). The third kappa shape index (κ3) is 5.13. The molecule has 0 saturated carbocycles. The van der Waals surface area contributed by atoms with Crippen LogP contribution in [0.1, 0.15) is 30.1 Å². The number of unbranched alkanes of at least 4 members (excludes halogenated alkanes) is 1. The molecule has 0 aliphatic carbocycles. The predicted molar refractivity (Wildman–Crippen MR) is 97.8 cm³/mol. The molecule has 2 aromatic carbocycles. The fraction of sp³-hybridized carbons (Fsp3) is 0.263. The van der Waals surface area contributed by atoms with Crippen LogP contribution in [0, 0.1) is 11.6 Å². The zero-order valence-corrected chi connectivity index (χ0v) is 15.5. The monoisotopic (exact) mass is 400 g/mol. The van der Waals surface area contributed by atoms with Gasteiger partial charge in [0.15, 0.2) is 9.84 Å². The Morgan fingerprint density at radius 2 is 1.77 bits per heavy atom. The smallest absolute Gasteiger partial charge is 0.185 e. The number of hydrogen-bond donors (Lipinski definition) is 1. The van der Waals surface area contributed by atoms with Gasteiger partial charge in [0.1, 0.15) is 11.6 Å². The molecule has 0 spiro atoms. The summed E-state index contributed by atoms with van der Waals surface area (Å²) < 4.78 is 53.9. The molecule has 0 aliphatic rings. The number of aliphatic hydroxyl groups excluding tert-OH is 1. The first-order valence-corrected chi connectivity index (χ1v) is 9.99. The van der Waals surface area contributed by atoms with Gasteiger partial charge in [0.25, 0.3) is 0 Å². The molecule has 0 saturated heterocycles. The standard InChI is InChI=1S/C19H19ClF2O3S/c20-14-6-9-16(10-7-14)26(24,25)19(5-3-1-2-4-12-23)17-13-15(21)8-11-18(17)22/h1,3,6-11,13,19,23H,2,4-5,12H2/b3-1+. The maximum atomic E-state index is 14.3. The zero-order valence-electron chi connectivity index (χ0n) is 13.9. The van der Waals surface area contributed by atoms with E-state index in [2.05, 4.69) is 0 Å². The van der Waals surface area contributed by atoms with Crippen LogP contribution in [0.5, 0.6) is 0 Å². The largest absolute Gasteiger partial charge is 0.396 e. The molecule has 2 aromatic rings. The Kier molecular flexibility index (Phi) is 7.32. The lowest BCUT2D eigenvalue weighted by Crippen LogP contribution is -2.15. The normalized spacial score (nSPS) is 13.2. The Bertz CT molecular complexity index is 865. The molecule has 1 atom stereocenters. The molecule has 26 heavy (non-hydrogen) atoms. The molecule has 0 radical (unpaired) electrons. The fourth-order valence-corrected chi connectivity index (χ4v) is 4.37. The van der Waals surface area contributed by atoms with Gasteiger partial charge in [-0.2, -0.15) is 0 Å². The molecule has 0 aromatic heterocycles. The lowest BCUT2D eigenvalue weighted by atomic mass is 10.1. The molecule has 0 amide bonds. The van der Waals surface area contributed by atoms with E-state index in [0.29, 0.717) is 17.9 Å². The Morgan fingerprint density at radius 3 is 2.42 bits per heavy atom. The summed E-state index contributed by atoms with van der Waals surface area (Å²) in [6.45, 7) is 0.0232. The second-order valence-electron chi connectivity index (χ2n) is 5.73. The number of sulfone groups is 1. The SMILES string of the molecule is O=S(=O)(c1ccc(Cl)cc1)C(C/C=C/CCCO)c1cc(F)ccc1F. The highest BCUT2D eigenvalue weighted by Gasteiger charge is 2.30. The summed E-state index contributed by atoms with van der Waals surface area (Å²) in [5.41, 5.74) is -0.216. The number of rotatable bonds is 8. The van der Waals surface area contributed by atoms with E-state index in [9.17, 15) is 17.2 Å². The zero-order chi connectivity index (χ0) is 19.2. The van der Waals surface area contributed by atoms with Crippen molar-refractivity contribution < 1.29 is 22.3 Å². The van der Waals surface area contributed by atoms with Gasteiger partial charge in [0.05, 0.1) is 10.1 Å². The Morgan fingerprint density at radius 1 is 1.08 bits per heavy atom. The van der Waals surface area contributed by atoms with Crippen molar-refractivity contribution in [2.45, 2.75) is 29.4 Å². The maximum Gasteiger partial charge on any atom is 0.185 e. The van der Waals surface area contributed by atoms with Gasteiger partial charge in [0, 0.05) is 17.2 Å². The van der Waals surface area contributed by atoms with E-state index in [0.717, 1.165) is 18.2 Å². The molecule has 0 heterocycles. The van der Waals surface area contributed by atoms with Crippen molar-refractivity contribution in [2.24, 2.45) is 0 Å². The van der Waals surface area contributed by atoms with Crippen molar-refractivity contribution in [3.05, 3.63) is 76.8 Å². The van der Waals surface area contributed by atoms with Crippen LogP contribution in [0.3, 0.4) is 0 Å². The van der Waals surface area contributed by atoms with Crippen LogP contribution in [-0.4, -0.2) is 20.1 Å². The van der Waals surface area contributed by atoms with Crippen molar-refractivity contribution >= 4 is 21.4 Å². The molecule has 0 bridgehead atoms. The number of hydrogen-bond acceptors (Lipinski definition) is 3. The minimum absolute atomic E-state index is 0.0145. The van der Waals surface area contributed by atoms with E-state index in [4.69, 9.17) is 16.7 Å². The van der Waals surface area contributed by atoms with E-state index in [-0.39, 0.29) is 23.5 Å². The Balaban J connectivity index is 2.43. The molecule has 7 heteroatoms. The second kappa shape index (κ2) is 9.26. The minimum atomic E-state index is -3.97. The van der Waals surface area contributed by atoms with Crippen LogP contribution in [0.2, 0.25) is 5.02 Å². The average molecular weight is 401 g/mol. The third-order valence-electron chi connectivity index (χ3n) is 3.87.